The predicted octanol–water partition coefficient (Wildman–Crippen LogP) is 3.00. The zero-order valence-electron chi connectivity index (χ0n) is 18.4. The van der Waals surface area contributed by atoms with Gasteiger partial charge in [-0.1, -0.05) is 18.5 Å². The quantitative estimate of drug-likeness (QED) is 0.550. The second-order valence-electron chi connectivity index (χ2n) is 7.80. The Morgan fingerprint density at radius 2 is 2.13 bits per heavy atom. The van der Waals surface area contributed by atoms with Gasteiger partial charge >= 0.3 is 0 Å². The molecule has 0 aliphatic carbocycles. The van der Waals surface area contributed by atoms with Crippen molar-refractivity contribution >= 4 is 23.6 Å². The number of carbonyl (C=O) groups is 1. The zero-order valence-corrected chi connectivity index (χ0v) is 19.2. The van der Waals surface area contributed by atoms with Crippen molar-refractivity contribution < 1.29 is 23.7 Å². The number of ether oxygens (including phenoxy) is 4. The molecule has 2 fully saturated rings. The van der Waals surface area contributed by atoms with Crippen molar-refractivity contribution in [3.05, 3.63) is 28.8 Å². The molecule has 31 heavy (non-hydrogen) atoms. The average Bonchev–Trinajstić information content (AvgIpc) is 3.32. The van der Waals surface area contributed by atoms with E-state index >= 15 is 0 Å². The summed E-state index contributed by atoms with van der Waals surface area (Å²) in [5.41, 5.74) is 0.773. The van der Waals surface area contributed by atoms with Crippen molar-refractivity contribution in [3.8, 4) is 11.5 Å². The van der Waals surface area contributed by atoms with Gasteiger partial charge in [-0.3, -0.25) is 9.69 Å². The molecular formula is C23H33ClN2O5. The molecule has 0 saturated carbocycles. The maximum atomic E-state index is 12.5. The first-order chi connectivity index (χ1) is 15.1. The number of amides is 1. The Morgan fingerprint density at radius 3 is 2.81 bits per heavy atom. The maximum Gasteiger partial charge on any atom is 0.244 e. The van der Waals surface area contributed by atoms with Gasteiger partial charge in [-0.2, -0.15) is 0 Å². The molecule has 0 bridgehead atoms. The molecule has 1 N–H and O–H groups in total. The minimum atomic E-state index is -0.140. The summed E-state index contributed by atoms with van der Waals surface area (Å²) < 4.78 is 22.1. The summed E-state index contributed by atoms with van der Waals surface area (Å²) in [5, 5.41) is 3.52. The van der Waals surface area contributed by atoms with Gasteiger partial charge in [0.25, 0.3) is 0 Å². The van der Waals surface area contributed by atoms with Crippen LogP contribution in [0.2, 0.25) is 5.02 Å². The normalized spacial score (nSPS) is 20.7. The van der Waals surface area contributed by atoms with Crippen LogP contribution in [0.15, 0.2) is 18.2 Å². The monoisotopic (exact) mass is 452 g/mol. The highest BCUT2D eigenvalue weighted by molar-refractivity contribution is 6.32. The number of nitrogens with zero attached hydrogens (tertiary/aromatic N) is 1. The molecule has 2 aliphatic rings. The standard InChI is InChI=1S/C23H33ClN2O5/c1-3-9-31-23-19(24)13-17(14-21(23)28-2)4-5-22(27)25-15-20(18-6-10-30-16-18)26-7-11-29-12-8-26/h4-5,13-14,18,20H,3,6-12,15-16H2,1-2H3,(H,25,27)/b5-4+. The number of hydrogen-bond donors (Lipinski definition) is 1. The van der Waals surface area contributed by atoms with Crippen LogP contribution < -0.4 is 14.8 Å². The molecule has 0 aromatic heterocycles. The van der Waals surface area contributed by atoms with Gasteiger partial charge in [0.2, 0.25) is 5.91 Å². The van der Waals surface area contributed by atoms with Gasteiger partial charge in [-0.15, -0.1) is 0 Å². The highest BCUT2D eigenvalue weighted by atomic mass is 35.5. The molecular weight excluding hydrogens is 420 g/mol. The molecule has 0 spiro atoms. The number of hydrogen-bond acceptors (Lipinski definition) is 6. The highest BCUT2D eigenvalue weighted by Crippen LogP contribution is 2.36. The first-order valence-corrected chi connectivity index (χ1v) is 11.4. The van der Waals surface area contributed by atoms with Gasteiger partial charge in [0.15, 0.2) is 11.5 Å². The third kappa shape index (κ3) is 6.84. The molecule has 172 valence electrons. The van der Waals surface area contributed by atoms with Gasteiger partial charge in [0, 0.05) is 44.3 Å². The first kappa shape index (κ1) is 23.9. The second kappa shape index (κ2) is 12.3. The first-order valence-electron chi connectivity index (χ1n) is 11.0. The van der Waals surface area contributed by atoms with Gasteiger partial charge in [-0.25, -0.2) is 0 Å². The van der Waals surface area contributed by atoms with Crippen LogP contribution in [0.1, 0.15) is 25.3 Å². The second-order valence-corrected chi connectivity index (χ2v) is 8.21. The van der Waals surface area contributed by atoms with Crippen LogP contribution in [0.3, 0.4) is 0 Å². The summed E-state index contributed by atoms with van der Waals surface area (Å²) in [4.78, 5) is 14.9. The number of morpholine rings is 1. The largest absolute Gasteiger partial charge is 0.493 e. The zero-order chi connectivity index (χ0) is 22.1. The Hall–Kier alpha value is -1.80. The molecule has 2 atom stereocenters. The lowest BCUT2D eigenvalue weighted by Crippen LogP contribution is -2.52. The van der Waals surface area contributed by atoms with Crippen LogP contribution in [-0.4, -0.2) is 76.6 Å². The number of halogens is 1. The Bertz CT molecular complexity index is 746. The Balaban J connectivity index is 1.60. The fourth-order valence-electron chi connectivity index (χ4n) is 3.98. The lowest BCUT2D eigenvalue weighted by Gasteiger charge is -2.37. The topological polar surface area (TPSA) is 69.3 Å². The molecule has 2 aliphatic heterocycles. The molecule has 3 rings (SSSR count). The van der Waals surface area contributed by atoms with E-state index in [1.807, 2.05) is 13.0 Å². The van der Waals surface area contributed by atoms with Crippen LogP contribution in [0.4, 0.5) is 0 Å². The summed E-state index contributed by atoms with van der Waals surface area (Å²) in [5.74, 6) is 1.37. The van der Waals surface area contributed by atoms with Crippen molar-refractivity contribution in [2.75, 3.05) is 59.8 Å². The van der Waals surface area contributed by atoms with Crippen LogP contribution in [0.25, 0.3) is 6.08 Å². The van der Waals surface area contributed by atoms with Crippen molar-refractivity contribution in [1.29, 1.82) is 0 Å². The smallest absolute Gasteiger partial charge is 0.244 e. The minimum Gasteiger partial charge on any atom is -0.493 e. The number of nitrogens with one attached hydrogen (secondary N) is 1. The fraction of sp³-hybridized carbons (Fsp3) is 0.609. The van der Waals surface area contributed by atoms with Gasteiger partial charge in [-0.05, 0) is 36.6 Å². The molecule has 1 aromatic carbocycles. The molecule has 0 radical (unpaired) electrons. The summed E-state index contributed by atoms with van der Waals surface area (Å²) in [7, 11) is 1.57. The predicted molar refractivity (Wildman–Crippen MR) is 121 cm³/mol. The Morgan fingerprint density at radius 1 is 1.32 bits per heavy atom. The third-order valence-corrected chi connectivity index (χ3v) is 5.92. The molecule has 2 unspecified atom stereocenters. The van der Waals surface area contributed by atoms with E-state index in [4.69, 9.17) is 30.5 Å². The van der Waals surface area contributed by atoms with Gasteiger partial charge in [0.05, 0.1) is 38.6 Å². The third-order valence-electron chi connectivity index (χ3n) is 5.64. The van der Waals surface area contributed by atoms with E-state index in [2.05, 4.69) is 10.2 Å². The summed E-state index contributed by atoms with van der Waals surface area (Å²) in [6.45, 7) is 7.96. The number of rotatable bonds is 10. The van der Waals surface area contributed by atoms with E-state index in [1.165, 1.54) is 6.08 Å². The molecule has 2 saturated heterocycles. The Labute approximate surface area is 189 Å². The number of benzene rings is 1. The van der Waals surface area contributed by atoms with Gasteiger partial charge in [0.1, 0.15) is 0 Å². The van der Waals surface area contributed by atoms with Crippen molar-refractivity contribution in [3.63, 3.8) is 0 Å². The number of carbonyl (C=O) groups excluding carboxylic acids is 1. The van der Waals surface area contributed by atoms with E-state index < -0.39 is 0 Å². The summed E-state index contributed by atoms with van der Waals surface area (Å²) >= 11 is 6.36. The summed E-state index contributed by atoms with van der Waals surface area (Å²) in [6, 6.07) is 3.84. The fourth-order valence-corrected chi connectivity index (χ4v) is 4.25. The Kier molecular flexibility index (Phi) is 9.46. The van der Waals surface area contributed by atoms with Crippen LogP contribution in [-0.2, 0) is 14.3 Å². The van der Waals surface area contributed by atoms with E-state index in [1.54, 1.807) is 19.3 Å². The lowest BCUT2D eigenvalue weighted by atomic mass is 9.97. The van der Waals surface area contributed by atoms with E-state index in [-0.39, 0.29) is 11.9 Å². The van der Waals surface area contributed by atoms with E-state index in [9.17, 15) is 4.79 Å². The molecule has 8 heteroatoms. The molecule has 1 aromatic rings. The van der Waals surface area contributed by atoms with Gasteiger partial charge < -0.3 is 24.3 Å². The van der Waals surface area contributed by atoms with E-state index in [0.717, 1.165) is 57.9 Å². The van der Waals surface area contributed by atoms with Crippen molar-refractivity contribution in [2.24, 2.45) is 5.92 Å². The van der Waals surface area contributed by atoms with Crippen LogP contribution in [0, 0.1) is 5.92 Å². The molecule has 1 amide bonds. The summed E-state index contributed by atoms with van der Waals surface area (Å²) in [6.07, 6.45) is 5.16. The number of methoxy groups -OCH3 is 1. The minimum absolute atomic E-state index is 0.140. The van der Waals surface area contributed by atoms with Crippen LogP contribution >= 0.6 is 11.6 Å². The van der Waals surface area contributed by atoms with Crippen molar-refractivity contribution in [2.45, 2.75) is 25.8 Å². The molecule has 2 heterocycles. The molecule has 7 nitrogen and oxygen atoms in total. The highest BCUT2D eigenvalue weighted by Gasteiger charge is 2.31. The lowest BCUT2D eigenvalue weighted by molar-refractivity contribution is -0.116. The average molecular weight is 453 g/mol. The van der Waals surface area contributed by atoms with Crippen molar-refractivity contribution in [1.82, 2.24) is 10.2 Å². The SMILES string of the molecule is CCCOc1c(Cl)cc(/C=C/C(=O)NCC(C2CCOC2)N2CCOCC2)cc1OC. The van der Waals surface area contributed by atoms with E-state index in [0.29, 0.717) is 35.6 Å². The van der Waals surface area contributed by atoms with Crippen LogP contribution in [0.5, 0.6) is 11.5 Å². The maximum absolute atomic E-state index is 12.5.